The number of thioether (sulfide) groups is 1. The number of nitrogens with zero attached hydrogens (tertiary/aromatic N) is 1. The Morgan fingerprint density at radius 3 is 2.68 bits per heavy atom. The summed E-state index contributed by atoms with van der Waals surface area (Å²) >= 11 is 3.47. The van der Waals surface area contributed by atoms with Gasteiger partial charge in [0.15, 0.2) is 0 Å². The average molecular weight is 297 g/mol. The third kappa shape index (κ3) is 4.60. The summed E-state index contributed by atoms with van der Waals surface area (Å²) in [5, 5.41) is 3.79. The normalized spacial score (nSPS) is 17.0. The summed E-state index contributed by atoms with van der Waals surface area (Å²) in [6, 6.07) is 0. The van der Waals surface area contributed by atoms with E-state index >= 15 is 0 Å². The van der Waals surface area contributed by atoms with Gasteiger partial charge in [0.2, 0.25) is 0 Å². The van der Waals surface area contributed by atoms with Crippen molar-refractivity contribution in [2.45, 2.75) is 63.5 Å². The molecule has 0 atom stereocenters. The van der Waals surface area contributed by atoms with Gasteiger partial charge in [-0.15, -0.1) is 11.3 Å². The quantitative estimate of drug-likeness (QED) is 0.814. The average Bonchev–Trinajstić information content (AvgIpc) is 2.95. The molecule has 106 valence electrons. The van der Waals surface area contributed by atoms with Crippen LogP contribution >= 0.6 is 23.1 Å². The van der Waals surface area contributed by atoms with E-state index in [1.807, 2.05) is 11.8 Å². The Kier molecular flexibility index (Phi) is 5.07. The smallest absolute Gasteiger partial charge is 0.149 e. The minimum atomic E-state index is 0.0798. The van der Waals surface area contributed by atoms with Gasteiger partial charge in [-0.05, 0) is 12.8 Å². The molecule has 1 saturated carbocycles. The van der Waals surface area contributed by atoms with Crippen LogP contribution in [0.5, 0.6) is 0 Å². The van der Waals surface area contributed by atoms with Crippen molar-refractivity contribution in [2.24, 2.45) is 0 Å². The van der Waals surface area contributed by atoms with Gasteiger partial charge in [0, 0.05) is 16.0 Å². The van der Waals surface area contributed by atoms with E-state index in [2.05, 4.69) is 31.1 Å². The number of carbonyl (C=O) groups is 1. The lowest BCUT2D eigenvalue weighted by atomic mass is 9.93. The van der Waals surface area contributed by atoms with Crippen molar-refractivity contribution in [1.82, 2.24) is 4.98 Å². The fourth-order valence-electron chi connectivity index (χ4n) is 2.22. The number of thiazole rings is 1. The first-order valence-electron chi connectivity index (χ1n) is 7.03. The van der Waals surface area contributed by atoms with Crippen molar-refractivity contribution < 1.29 is 4.79 Å². The Bertz CT molecular complexity index is 428. The second kappa shape index (κ2) is 6.40. The Morgan fingerprint density at radius 2 is 2.11 bits per heavy atom. The number of ketones is 1. The highest BCUT2D eigenvalue weighted by molar-refractivity contribution is 8.00. The lowest BCUT2D eigenvalue weighted by Crippen LogP contribution is -2.12. The van der Waals surface area contributed by atoms with E-state index in [0.717, 1.165) is 16.0 Å². The van der Waals surface area contributed by atoms with Crippen LogP contribution in [0.1, 0.15) is 57.2 Å². The highest BCUT2D eigenvalue weighted by Crippen LogP contribution is 2.29. The summed E-state index contributed by atoms with van der Waals surface area (Å²) < 4.78 is 0. The number of Topliss-reactive ketones (excluding diaryl/α,β-unsaturated/α-hetero) is 1. The Labute approximate surface area is 124 Å². The molecular formula is C15H23NOS2. The molecular weight excluding hydrogens is 274 g/mol. The molecule has 1 fully saturated rings. The molecule has 0 aromatic carbocycles. The summed E-state index contributed by atoms with van der Waals surface area (Å²) in [7, 11) is 0. The van der Waals surface area contributed by atoms with Gasteiger partial charge in [0.05, 0.1) is 17.9 Å². The summed E-state index contributed by atoms with van der Waals surface area (Å²) in [4.78, 5) is 16.6. The minimum Gasteiger partial charge on any atom is -0.298 e. The van der Waals surface area contributed by atoms with Gasteiger partial charge in [-0.25, -0.2) is 4.98 Å². The van der Waals surface area contributed by atoms with Crippen LogP contribution in [-0.4, -0.2) is 21.8 Å². The largest absolute Gasteiger partial charge is 0.298 e. The maximum Gasteiger partial charge on any atom is 0.149 e. The van der Waals surface area contributed by atoms with Crippen LogP contribution in [0, 0.1) is 0 Å². The maximum absolute atomic E-state index is 12.0. The fraction of sp³-hybridized carbons (Fsp3) is 0.733. The molecule has 2 rings (SSSR count). The SMILES string of the molecule is CC(C)(C)c1csc(CC(=O)CSC2CCCC2)n1. The predicted octanol–water partition coefficient (Wildman–Crippen LogP) is 4.23. The summed E-state index contributed by atoms with van der Waals surface area (Å²) in [5.41, 5.74) is 1.18. The van der Waals surface area contributed by atoms with Crippen LogP contribution in [0.2, 0.25) is 0 Å². The Balaban J connectivity index is 1.80. The van der Waals surface area contributed by atoms with E-state index in [1.54, 1.807) is 11.3 Å². The number of hydrogen-bond donors (Lipinski definition) is 0. The first kappa shape index (κ1) is 15.0. The molecule has 0 amide bonds. The van der Waals surface area contributed by atoms with E-state index in [0.29, 0.717) is 18.0 Å². The molecule has 1 aromatic heterocycles. The van der Waals surface area contributed by atoms with Gasteiger partial charge < -0.3 is 0 Å². The van der Waals surface area contributed by atoms with Crippen molar-refractivity contribution in [3.8, 4) is 0 Å². The van der Waals surface area contributed by atoms with Gasteiger partial charge in [0.25, 0.3) is 0 Å². The molecule has 19 heavy (non-hydrogen) atoms. The molecule has 0 aliphatic heterocycles. The van der Waals surface area contributed by atoms with Crippen LogP contribution in [-0.2, 0) is 16.6 Å². The highest BCUT2D eigenvalue weighted by Gasteiger charge is 2.20. The predicted molar refractivity (Wildman–Crippen MR) is 84.2 cm³/mol. The van der Waals surface area contributed by atoms with Crippen LogP contribution in [0.15, 0.2) is 5.38 Å². The standard InChI is InChI=1S/C15H23NOS2/c1-15(2,3)13-10-19-14(16-13)8-11(17)9-18-12-6-4-5-7-12/h10,12H,4-9H2,1-3H3. The Morgan fingerprint density at radius 1 is 1.42 bits per heavy atom. The highest BCUT2D eigenvalue weighted by atomic mass is 32.2. The lowest BCUT2D eigenvalue weighted by molar-refractivity contribution is -0.116. The van der Waals surface area contributed by atoms with Crippen LogP contribution in [0.3, 0.4) is 0 Å². The number of rotatable bonds is 5. The van der Waals surface area contributed by atoms with Crippen molar-refractivity contribution in [2.75, 3.05) is 5.75 Å². The van der Waals surface area contributed by atoms with Crippen LogP contribution in [0.25, 0.3) is 0 Å². The Hall–Kier alpha value is -0.350. The molecule has 0 N–H and O–H groups in total. The summed E-state index contributed by atoms with van der Waals surface area (Å²) in [5.74, 6) is 0.987. The monoisotopic (exact) mass is 297 g/mol. The maximum atomic E-state index is 12.0. The number of aromatic nitrogens is 1. The summed E-state index contributed by atoms with van der Waals surface area (Å²) in [6.45, 7) is 6.47. The molecule has 1 heterocycles. The molecule has 2 nitrogen and oxygen atoms in total. The number of hydrogen-bond acceptors (Lipinski definition) is 4. The van der Waals surface area contributed by atoms with Crippen LogP contribution < -0.4 is 0 Å². The van der Waals surface area contributed by atoms with Gasteiger partial charge >= 0.3 is 0 Å². The molecule has 0 bridgehead atoms. The first-order valence-corrected chi connectivity index (χ1v) is 8.96. The zero-order valence-electron chi connectivity index (χ0n) is 12.1. The molecule has 1 aliphatic rings. The van der Waals surface area contributed by atoms with Gasteiger partial charge in [-0.3, -0.25) is 4.79 Å². The van der Waals surface area contributed by atoms with Crippen LogP contribution in [0.4, 0.5) is 0 Å². The third-order valence-corrected chi connectivity index (χ3v) is 5.73. The molecule has 0 unspecified atom stereocenters. The topological polar surface area (TPSA) is 30.0 Å². The lowest BCUT2D eigenvalue weighted by Gasteiger charge is -2.14. The van der Waals surface area contributed by atoms with Gasteiger partial charge in [0.1, 0.15) is 10.8 Å². The minimum absolute atomic E-state index is 0.0798. The molecule has 1 aliphatic carbocycles. The molecule has 0 saturated heterocycles. The van der Waals surface area contributed by atoms with Gasteiger partial charge in [-0.1, -0.05) is 33.6 Å². The second-order valence-electron chi connectivity index (χ2n) is 6.31. The van der Waals surface area contributed by atoms with Crippen molar-refractivity contribution in [3.63, 3.8) is 0 Å². The summed E-state index contributed by atoms with van der Waals surface area (Å²) in [6.07, 6.45) is 5.79. The van der Waals surface area contributed by atoms with Crippen molar-refractivity contribution in [1.29, 1.82) is 0 Å². The van der Waals surface area contributed by atoms with E-state index < -0.39 is 0 Å². The zero-order chi connectivity index (χ0) is 13.9. The van der Waals surface area contributed by atoms with E-state index in [-0.39, 0.29) is 5.41 Å². The first-order chi connectivity index (χ1) is 8.95. The van der Waals surface area contributed by atoms with E-state index in [1.165, 1.54) is 25.7 Å². The molecule has 0 radical (unpaired) electrons. The number of carbonyl (C=O) groups excluding carboxylic acids is 1. The third-order valence-electron chi connectivity index (χ3n) is 3.45. The molecule has 4 heteroatoms. The molecule has 1 aromatic rings. The van der Waals surface area contributed by atoms with Gasteiger partial charge in [-0.2, -0.15) is 11.8 Å². The fourth-order valence-corrected chi connectivity index (χ4v) is 4.46. The van der Waals surface area contributed by atoms with Crippen molar-refractivity contribution >= 4 is 28.9 Å². The van der Waals surface area contributed by atoms with E-state index in [4.69, 9.17) is 0 Å². The zero-order valence-corrected chi connectivity index (χ0v) is 13.7. The second-order valence-corrected chi connectivity index (χ2v) is 8.54. The van der Waals surface area contributed by atoms with E-state index in [9.17, 15) is 4.79 Å². The van der Waals surface area contributed by atoms with Crippen molar-refractivity contribution in [3.05, 3.63) is 16.1 Å². The molecule has 0 spiro atoms.